The maximum Gasteiger partial charge on any atom is 0.255 e. The summed E-state index contributed by atoms with van der Waals surface area (Å²) >= 11 is 0. The van der Waals surface area contributed by atoms with Crippen LogP contribution in [0.25, 0.3) is 5.52 Å². The van der Waals surface area contributed by atoms with Gasteiger partial charge in [0.25, 0.3) is 5.91 Å². The molecule has 3 rings (SSSR count). The minimum atomic E-state index is -2.54. The number of hydrogen-bond donors (Lipinski definition) is 1. The molecule has 100 valence electrons. The van der Waals surface area contributed by atoms with Gasteiger partial charge in [-0.1, -0.05) is 6.07 Å². The number of fused-ring (bicyclic) bond motifs is 1. The minimum Gasteiger partial charge on any atom is -0.352 e. The molecular weight excluding hydrogens is 252 g/mol. The van der Waals surface area contributed by atoms with E-state index in [4.69, 9.17) is 0 Å². The zero-order valence-corrected chi connectivity index (χ0v) is 10.1. The normalized spacial score (nSPS) is 18.2. The number of alkyl halides is 2. The van der Waals surface area contributed by atoms with Crippen molar-refractivity contribution in [3.8, 4) is 0 Å². The van der Waals surface area contributed by atoms with Crippen molar-refractivity contribution in [1.82, 2.24) is 14.9 Å². The summed E-state index contributed by atoms with van der Waals surface area (Å²) in [4.78, 5) is 12.0. The van der Waals surface area contributed by atoms with Crippen LogP contribution in [0, 0.1) is 5.92 Å². The fourth-order valence-corrected chi connectivity index (χ4v) is 2.37. The number of nitrogens with zero attached hydrogens (tertiary/aromatic N) is 2. The molecule has 0 aliphatic heterocycles. The Hall–Kier alpha value is -1.98. The molecule has 0 atom stereocenters. The number of carbonyl (C=O) groups excluding carboxylic acids is 1. The van der Waals surface area contributed by atoms with Gasteiger partial charge in [-0.15, -0.1) is 0 Å². The van der Waals surface area contributed by atoms with E-state index in [1.54, 1.807) is 16.8 Å². The van der Waals surface area contributed by atoms with E-state index in [9.17, 15) is 13.6 Å². The Morgan fingerprint density at radius 1 is 1.47 bits per heavy atom. The molecule has 0 bridgehead atoms. The Kier molecular flexibility index (Phi) is 2.73. The highest BCUT2D eigenvalue weighted by Gasteiger charge is 2.45. The van der Waals surface area contributed by atoms with Crippen LogP contribution >= 0.6 is 0 Å². The summed E-state index contributed by atoms with van der Waals surface area (Å²) in [5, 5.41) is 6.75. The van der Waals surface area contributed by atoms with Gasteiger partial charge < -0.3 is 5.32 Å². The highest BCUT2D eigenvalue weighted by Crippen LogP contribution is 2.41. The average Bonchev–Trinajstić information content (AvgIpc) is 2.77. The number of halogens is 2. The number of nitrogens with one attached hydrogen (secondary N) is 1. The molecule has 0 spiro atoms. The molecule has 4 nitrogen and oxygen atoms in total. The average molecular weight is 265 g/mol. The van der Waals surface area contributed by atoms with Crippen molar-refractivity contribution in [2.45, 2.75) is 18.8 Å². The second-order valence-electron chi connectivity index (χ2n) is 4.93. The molecule has 1 aliphatic carbocycles. The standard InChI is InChI=1S/C13H13F2N3O/c14-13(15)5-9(6-13)7-16-12(19)10-8-17-18-4-2-1-3-11(10)18/h1-4,8-9H,5-7H2,(H,16,19). The van der Waals surface area contributed by atoms with E-state index >= 15 is 0 Å². The highest BCUT2D eigenvalue weighted by atomic mass is 19.3. The fraction of sp³-hybridized carbons (Fsp3) is 0.385. The third-order valence-electron chi connectivity index (χ3n) is 3.40. The van der Waals surface area contributed by atoms with Gasteiger partial charge in [-0.25, -0.2) is 13.3 Å². The van der Waals surface area contributed by atoms with E-state index in [0.717, 1.165) is 0 Å². The van der Waals surface area contributed by atoms with Crippen LogP contribution in [0.2, 0.25) is 0 Å². The Morgan fingerprint density at radius 2 is 2.26 bits per heavy atom. The van der Waals surface area contributed by atoms with Crippen LogP contribution < -0.4 is 5.32 Å². The molecule has 2 aromatic rings. The number of aromatic nitrogens is 2. The smallest absolute Gasteiger partial charge is 0.255 e. The van der Waals surface area contributed by atoms with Gasteiger partial charge in [0.15, 0.2) is 0 Å². The summed E-state index contributed by atoms with van der Waals surface area (Å²) in [6, 6.07) is 5.43. The Labute approximate surface area is 108 Å². The lowest BCUT2D eigenvalue weighted by Gasteiger charge is -2.34. The molecule has 1 amide bonds. The molecule has 0 aromatic carbocycles. The number of amides is 1. The van der Waals surface area contributed by atoms with Gasteiger partial charge in [-0.3, -0.25) is 4.79 Å². The van der Waals surface area contributed by atoms with E-state index in [-0.39, 0.29) is 24.7 Å². The SMILES string of the molecule is O=C(NCC1CC(F)(F)C1)c1cnn2ccccc12. The number of hydrogen-bond acceptors (Lipinski definition) is 2. The Balaban J connectivity index is 1.65. The third-order valence-corrected chi connectivity index (χ3v) is 3.40. The third kappa shape index (κ3) is 2.30. The van der Waals surface area contributed by atoms with Gasteiger partial charge in [-0.05, 0) is 18.1 Å². The van der Waals surface area contributed by atoms with E-state index in [1.807, 2.05) is 12.1 Å². The molecule has 2 aromatic heterocycles. The molecule has 0 unspecified atom stereocenters. The zero-order valence-electron chi connectivity index (χ0n) is 10.1. The number of rotatable bonds is 3. The van der Waals surface area contributed by atoms with Crippen LogP contribution in [0.15, 0.2) is 30.6 Å². The van der Waals surface area contributed by atoms with Gasteiger partial charge >= 0.3 is 0 Å². The maximum absolute atomic E-state index is 12.7. The van der Waals surface area contributed by atoms with Crippen LogP contribution in [-0.2, 0) is 0 Å². The first-order valence-corrected chi connectivity index (χ1v) is 6.13. The van der Waals surface area contributed by atoms with Gasteiger partial charge in [0, 0.05) is 25.6 Å². The maximum atomic E-state index is 12.7. The van der Waals surface area contributed by atoms with Gasteiger partial charge in [0.05, 0.1) is 17.3 Å². The van der Waals surface area contributed by atoms with E-state index < -0.39 is 5.92 Å². The Morgan fingerprint density at radius 3 is 3.00 bits per heavy atom. The summed E-state index contributed by atoms with van der Waals surface area (Å²) in [5.41, 5.74) is 1.17. The van der Waals surface area contributed by atoms with Crippen LogP contribution in [0.5, 0.6) is 0 Å². The second-order valence-corrected chi connectivity index (χ2v) is 4.93. The van der Waals surface area contributed by atoms with Crippen molar-refractivity contribution >= 4 is 11.4 Å². The van der Waals surface area contributed by atoms with Crippen molar-refractivity contribution in [3.63, 3.8) is 0 Å². The van der Waals surface area contributed by atoms with E-state index in [1.165, 1.54) is 6.20 Å². The first-order valence-electron chi connectivity index (χ1n) is 6.13. The monoisotopic (exact) mass is 265 g/mol. The van der Waals surface area contributed by atoms with Crippen molar-refractivity contribution < 1.29 is 13.6 Å². The van der Waals surface area contributed by atoms with Gasteiger partial charge in [0.1, 0.15) is 0 Å². The molecular formula is C13H13F2N3O. The van der Waals surface area contributed by atoms with Crippen molar-refractivity contribution in [2.24, 2.45) is 5.92 Å². The molecule has 0 saturated heterocycles. The van der Waals surface area contributed by atoms with Crippen molar-refractivity contribution in [1.29, 1.82) is 0 Å². The second kappa shape index (κ2) is 4.29. The van der Waals surface area contributed by atoms with Crippen molar-refractivity contribution in [3.05, 3.63) is 36.2 Å². The van der Waals surface area contributed by atoms with Crippen LogP contribution in [-0.4, -0.2) is 28.0 Å². The number of pyridine rings is 1. The first-order chi connectivity index (χ1) is 9.05. The number of carbonyl (C=O) groups is 1. The summed E-state index contributed by atoms with van der Waals surface area (Å²) < 4.78 is 26.9. The predicted octanol–water partition coefficient (Wildman–Crippen LogP) is 2.11. The molecule has 1 aliphatic rings. The topological polar surface area (TPSA) is 46.4 Å². The van der Waals surface area contributed by atoms with E-state index in [0.29, 0.717) is 17.6 Å². The molecule has 19 heavy (non-hydrogen) atoms. The van der Waals surface area contributed by atoms with Crippen LogP contribution in [0.4, 0.5) is 8.78 Å². The zero-order chi connectivity index (χ0) is 13.5. The van der Waals surface area contributed by atoms with E-state index in [2.05, 4.69) is 10.4 Å². The largest absolute Gasteiger partial charge is 0.352 e. The molecule has 1 saturated carbocycles. The fourth-order valence-electron chi connectivity index (χ4n) is 2.37. The summed E-state index contributed by atoms with van der Waals surface area (Å²) in [5.74, 6) is -2.93. The lowest BCUT2D eigenvalue weighted by Crippen LogP contribution is -2.42. The summed E-state index contributed by atoms with van der Waals surface area (Å²) in [6.45, 7) is 0.290. The lowest BCUT2D eigenvalue weighted by atomic mass is 9.81. The van der Waals surface area contributed by atoms with Crippen LogP contribution in [0.1, 0.15) is 23.2 Å². The lowest BCUT2D eigenvalue weighted by molar-refractivity contribution is -0.108. The molecule has 2 heterocycles. The predicted molar refractivity (Wildman–Crippen MR) is 65.2 cm³/mol. The summed E-state index contributed by atoms with van der Waals surface area (Å²) in [6.07, 6.45) is 2.96. The quantitative estimate of drug-likeness (QED) is 0.923. The van der Waals surface area contributed by atoms with Gasteiger partial charge in [0.2, 0.25) is 5.92 Å². The minimum absolute atomic E-state index is 0.124. The molecule has 1 N–H and O–H groups in total. The molecule has 1 fully saturated rings. The molecule has 0 radical (unpaired) electrons. The van der Waals surface area contributed by atoms with Crippen LogP contribution in [0.3, 0.4) is 0 Å². The first kappa shape index (κ1) is 12.1. The van der Waals surface area contributed by atoms with Gasteiger partial charge in [-0.2, -0.15) is 5.10 Å². The summed E-state index contributed by atoms with van der Waals surface area (Å²) in [7, 11) is 0. The molecule has 6 heteroatoms. The Bertz CT molecular complexity index is 615. The van der Waals surface area contributed by atoms with Crippen molar-refractivity contribution in [2.75, 3.05) is 6.54 Å². The highest BCUT2D eigenvalue weighted by molar-refractivity contribution is 6.00.